The van der Waals surface area contributed by atoms with Gasteiger partial charge in [0, 0.05) is 36.4 Å². The Morgan fingerprint density at radius 1 is 1.07 bits per heavy atom. The molecular formula is C21H20N2O4. The number of carbonyl (C=O) groups excluding carboxylic acids is 2. The Hall–Kier alpha value is -3.02. The summed E-state index contributed by atoms with van der Waals surface area (Å²) in [6.45, 7) is 2.65. The van der Waals surface area contributed by atoms with Crippen molar-refractivity contribution in [1.82, 2.24) is 0 Å². The zero-order valence-corrected chi connectivity index (χ0v) is 15.1. The van der Waals surface area contributed by atoms with Crippen LogP contribution in [0.5, 0.6) is 11.5 Å². The number of nitrogens with zero attached hydrogens (tertiary/aromatic N) is 2. The maximum absolute atomic E-state index is 13.2. The number of carbonyl (C=O) groups is 2. The highest BCUT2D eigenvalue weighted by Gasteiger charge is 2.41. The maximum Gasteiger partial charge on any atom is 0.232 e. The van der Waals surface area contributed by atoms with Gasteiger partial charge in [0.15, 0.2) is 11.5 Å². The van der Waals surface area contributed by atoms with E-state index in [0.717, 1.165) is 17.8 Å². The Morgan fingerprint density at radius 3 is 2.78 bits per heavy atom. The van der Waals surface area contributed by atoms with Crippen molar-refractivity contribution in [2.75, 3.05) is 23.1 Å². The molecule has 0 spiro atoms. The third-order valence-electron chi connectivity index (χ3n) is 5.59. The number of anilines is 2. The molecular weight excluding hydrogens is 344 g/mol. The first kappa shape index (κ1) is 16.2. The van der Waals surface area contributed by atoms with Gasteiger partial charge >= 0.3 is 0 Å². The van der Waals surface area contributed by atoms with E-state index in [0.29, 0.717) is 18.0 Å². The molecule has 2 aromatic carbocycles. The van der Waals surface area contributed by atoms with Crippen LogP contribution in [-0.2, 0) is 16.0 Å². The van der Waals surface area contributed by atoms with Crippen molar-refractivity contribution in [3.63, 3.8) is 0 Å². The van der Waals surface area contributed by atoms with E-state index >= 15 is 0 Å². The van der Waals surface area contributed by atoms with Crippen LogP contribution in [-0.4, -0.2) is 31.2 Å². The second-order valence-electron chi connectivity index (χ2n) is 7.33. The number of benzene rings is 2. The lowest BCUT2D eigenvalue weighted by Crippen LogP contribution is -2.41. The number of hydrogen-bond acceptors (Lipinski definition) is 4. The van der Waals surface area contributed by atoms with E-state index in [-0.39, 0.29) is 37.0 Å². The summed E-state index contributed by atoms with van der Waals surface area (Å²) < 4.78 is 10.7. The van der Waals surface area contributed by atoms with Gasteiger partial charge in [0.1, 0.15) is 0 Å². The Morgan fingerprint density at radius 2 is 1.89 bits per heavy atom. The van der Waals surface area contributed by atoms with E-state index < -0.39 is 0 Å². The van der Waals surface area contributed by atoms with E-state index in [2.05, 4.69) is 13.0 Å². The summed E-state index contributed by atoms with van der Waals surface area (Å²) in [6.07, 6.45) is 1.09. The van der Waals surface area contributed by atoms with Gasteiger partial charge in [-0.2, -0.15) is 0 Å². The minimum atomic E-state index is -0.337. The number of fused-ring (bicyclic) bond motifs is 2. The number of para-hydroxylation sites is 1. The third-order valence-corrected chi connectivity index (χ3v) is 5.59. The molecule has 5 rings (SSSR count). The van der Waals surface area contributed by atoms with Gasteiger partial charge in [0.2, 0.25) is 18.6 Å². The average molecular weight is 364 g/mol. The lowest BCUT2D eigenvalue weighted by Gasteiger charge is -2.26. The van der Waals surface area contributed by atoms with Crippen molar-refractivity contribution in [1.29, 1.82) is 0 Å². The fraction of sp³-hybridized carbons (Fsp3) is 0.333. The Bertz CT molecular complexity index is 942. The summed E-state index contributed by atoms with van der Waals surface area (Å²) >= 11 is 0. The van der Waals surface area contributed by atoms with Crippen LogP contribution in [0.3, 0.4) is 0 Å². The van der Waals surface area contributed by atoms with Crippen LogP contribution in [0, 0.1) is 5.92 Å². The molecule has 0 saturated carbocycles. The molecule has 138 valence electrons. The van der Waals surface area contributed by atoms with Gasteiger partial charge in [-0.3, -0.25) is 9.59 Å². The van der Waals surface area contributed by atoms with Crippen molar-refractivity contribution in [3.05, 3.63) is 48.0 Å². The quantitative estimate of drug-likeness (QED) is 0.822. The fourth-order valence-corrected chi connectivity index (χ4v) is 4.27. The molecule has 0 bridgehead atoms. The highest BCUT2D eigenvalue weighted by Crippen LogP contribution is 2.38. The van der Waals surface area contributed by atoms with Gasteiger partial charge in [-0.15, -0.1) is 0 Å². The van der Waals surface area contributed by atoms with Crippen LogP contribution in [0.15, 0.2) is 42.5 Å². The molecule has 0 unspecified atom stereocenters. The van der Waals surface area contributed by atoms with Crippen LogP contribution < -0.4 is 19.3 Å². The fourth-order valence-electron chi connectivity index (χ4n) is 4.27. The van der Waals surface area contributed by atoms with Crippen molar-refractivity contribution in [2.45, 2.75) is 25.8 Å². The molecule has 2 atom stereocenters. The summed E-state index contributed by atoms with van der Waals surface area (Å²) in [5.74, 6) is 0.977. The highest BCUT2D eigenvalue weighted by atomic mass is 16.7. The van der Waals surface area contributed by atoms with E-state index in [4.69, 9.17) is 9.47 Å². The lowest BCUT2D eigenvalue weighted by atomic mass is 10.1. The number of amides is 2. The third kappa shape index (κ3) is 2.55. The Kier molecular flexibility index (Phi) is 3.60. The van der Waals surface area contributed by atoms with Crippen LogP contribution in [0.25, 0.3) is 0 Å². The van der Waals surface area contributed by atoms with E-state index in [1.54, 1.807) is 17.0 Å². The number of ether oxygens (including phenoxy) is 2. The zero-order valence-electron chi connectivity index (χ0n) is 15.1. The first-order valence-corrected chi connectivity index (χ1v) is 9.23. The SMILES string of the molecule is C[C@H]1Cc2ccccc2N1C(=O)[C@@H]1CC(=O)N(c2ccc3c(c2)OCO3)C1. The summed E-state index contributed by atoms with van der Waals surface area (Å²) in [5, 5.41) is 0. The van der Waals surface area contributed by atoms with Gasteiger partial charge in [-0.05, 0) is 37.1 Å². The second kappa shape index (κ2) is 6.01. The largest absolute Gasteiger partial charge is 0.454 e. The number of hydrogen-bond donors (Lipinski definition) is 0. The molecule has 0 aliphatic carbocycles. The topological polar surface area (TPSA) is 59.1 Å². The maximum atomic E-state index is 13.2. The standard InChI is InChI=1S/C21H20N2O4/c1-13-8-14-4-2-3-5-17(14)23(13)21(25)15-9-20(24)22(11-15)16-6-7-18-19(10-16)27-12-26-18/h2-7,10,13,15H,8-9,11-12H2,1H3/t13-,15+/m0/s1. The average Bonchev–Trinajstić information content (AvgIpc) is 3.36. The first-order valence-electron chi connectivity index (χ1n) is 9.23. The predicted molar refractivity (Wildman–Crippen MR) is 100 cm³/mol. The van der Waals surface area contributed by atoms with Crippen molar-refractivity contribution >= 4 is 23.2 Å². The molecule has 2 aromatic rings. The molecule has 1 saturated heterocycles. The van der Waals surface area contributed by atoms with Crippen molar-refractivity contribution < 1.29 is 19.1 Å². The van der Waals surface area contributed by atoms with E-state index in [9.17, 15) is 9.59 Å². The predicted octanol–water partition coefficient (Wildman–Crippen LogP) is 2.75. The van der Waals surface area contributed by atoms with E-state index in [1.165, 1.54) is 5.56 Å². The molecule has 2 amide bonds. The van der Waals surface area contributed by atoms with Gasteiger partial charge < -0.3 is 19.3 Å². The van der Waals surface area contributed by atoms with Crippen LogP contribution in [0.1, 0.15) is 18.9 Å². The Labute approximate surface area is 157 Å². The molecule has 3 aliphatic rings. The summed E-state index contributed by atoms with van der Waals surface area (Å²) in [7, 11) is 0. The molecule has 27 heavy (non-hydrogen) atoms. The molecule has 3 aliphatic heterocycles. The van der Waals surface area contributed by atoms with E-state index in [1.807, 2.05) is 29.2 Å². The molecule has 3 heterocycles. The zero-order chi connectivity index (χ0) is 18.5. The summed E-state index contributed by atoms with van der Waals surface area (Å²) in [6, 6.07) is 13.6. The van der Waals surface area contributed by atoms with Gasteiger partial charge in [-0.1, -0.05) is 18.2 Å². The van der Waals surface area contributed by atoms with Crippen molar-refractivity contribution in [3.8, 4) is 11.5 Å². The van der Waals surface area contributed by atoms with Crippen LogP contribution in [0.2, 0.25) is 0 Å². The summed E-state index contributed by atoms with van der Waals surface area (Å²) in [5.41, 5.74) is 2.91. The normalized spacial score (nSPS) is 23.1. The minimum absolute atomic E-state index is 0.0315. The monoisotopic (exact) mass is 364 g/mol. The van der Waals surface area contributed by atoms with Gasteiger partial charge in [0.25, 0.3) is 0 Å². The van der Waals surface area contributed by atoms with Gasteiger partial charge in [0.05, 0.1) is 5.92 Å². The second-order valence-corrected chi connectivity index (χ2v) is 7.33. The van der Waals surface area contributed by atoms with Gasteiger partial charge in [-0.25, -0.2) is 0 Å². The molecule has 0 N–H and O–H groups in total. The van der Waals surface area contributed by atoms with Crippen molar-refractivity contribution in [2.24, 2.45) is 5.92 Å². The van der Waals surface area contributed by atoms with Crippen LogP contribution >= 0.6 is 0 Å². The number of rotatable bonds is 2. The molecule has 0 radical (unpaired) electrons. The first-order chi connectivity index (χ1) is 13.1. The minimum Gasteiger partial charge on any atom is -0.454 e. The molecule has 6 heteroatoms. The summed E-state index contributed by atoms with van der Waals surface area (Å²) in [4.78, 5) is 29.4. The van der Waals surface area contributed by atoms with Crippen LogP contribution in [0.4, 0.5) is 11.4 Å². The Balaban J connectivity index is 1.38. The lowest BCUT2D eigenvalue weighted by molar-refractivity contribution is -0.124. The highest BCUT2D eigenvalue weighted by molar-refractivity contribution is 6.05. The smallest absolute Gasteiger partial charge is 0.232 e. The molecule has 1 fully saturated rings. The molecule has 0 aromatic heterocycles. The molecule has 6 nitrogen and oxygen atoms in total.